The molecule has 0 radical (unpaired) electrons. The van der Waals surface area contributed by atoms with E-state index in [1.54, 1.807) is 12.1 Å². The zero-order valence-electron chi connectivity index (χ0n) is 23.1. The van der Waals surface area contributed by atoms with Crippen LogP contribution in [-0.2, 0) is 0 Å². The van der Waals surface area contributed by atoms with Gasteiger partial charge in [-0.3, -0.25) is 10.1 Å². The highest BCUT2D eigenvalue weighted by molar-refractivity contribution is 7.99. The van der Waals surface area contributed by atoms with Crippen LogP contribution in [-0.4, -0.2) is 10.6 Å². The maximum absolute atomic E-state index is 13.8. The molecule has 5 aromatic carbocycles. The summed E-state index contributed by atoms with van der Waals surface area (Å²) in [5.74, 6) is -0.492. The minimum Gasteiger partial charge on any atom is -0.292 e. The second-order valence-electron chi connectivity index (χ2n) is 9.47. The molecule has 0 atom stereocenters. The van der Waals surface area contributed by atoms with Gasteiger partial charge in [-0.15, -0.1) is 0 Å². The molecule has 5 aromatic rings. The van der Waals surface area contributed by atoms with Crippen molar-refractivity contribution in [3.05, 3.63) is 167 Å². The Morgan fingerprint density at radius 3 is 1.49 bits per heavy atom. The van der Waals surface area contributed by atoms with Crippen molar-refractivity contribution in [2.75, 3.05) is 0 Å². The smallest absolute Gasteiger partial charge is 0.258 e. The molecule has 0 saturated heterocycles. The lowest BCUT2D eigenvalue weighted by atomic mass is 10.1. The molecule has 0 saturated carbocycles. The van der Waals surface area contributed by atoms with Crippen LogP contribution in [0.5, 0.6) is 0 Å². The number of carbonyl (C=O) groups is 1. The number of rotatable bonds is 7. The van der Waals surface area contributed by atoms with E-state index >= 15 is 0 Å². The van der Waals surface area contributed by atoms with E-state index in [2.05, 4.69) is 41.7 Å². The highest BCUT2D eigenvalue weighted by atomic mass is 35.7. The van der Waals surface area contributed by atoms with Gasteiger partial charge in [0.15, 0.2) is 12.7 Å². The molecule has 2 N–H and O–H groups in total. The van der Waals surface area contributed by atoms with Crippen molar-refractivity contribution in [1.29, 1.82) is 0 Å². The molecule has 218 valence electrons. The number of halogens is 2. The molecule has 1 amide bonds. The van der Waals surface area contributed by atoms with Crippen LogP contribution in [0.1, 0.15) is 21.5 Å². The van der Waals surface area contributed by atoms with Gasteiger partial charge in [0.25, 0.3) is 5.91 Å². The normalized spacial score (nSPS) is 11.7. The summed E-state index contributed by atoms with van der Waals surface area (Å²) in [6, 6.07) is 44.9. The maximum Gasteiger partial charge on any atom is 0.258 e. The van der Waals surface area contributed by atoms with Gasteiger partial charge in [-0.05, 0) is 73.2 Å². The molecule has 0 aliphatic rings. The minimum absolute atomic E-state index is 0.189. The molecule has 0 aliphatic carbocycles. The molecule has 43 heavy (non-hydrogen) atoms. The predicted octanol–water partition coefficient (Wildman–Crippen LogP) is 2.73. The van der Waals surface area contributed by atoms with E-state index in [1.165, 1.54) is 12.1 Å². The summed E-state index contributed by atoms with van der Waals surface area (Å²) in [5.41, 5.74) is 3.24. The second kappa shape index (κ2) is 14.3. The van der Waals surface area contributed by atoms with Crippen LogP contribution in [0.2, 0.25) is 0 Å². The molecule has 0 aliphatic heterocycles. The molecular formula is C34H29ClFNO5P+. The van der Waals surface area contributed by atoms with Crippen LogP contribution in [0.4, 0.5) is 4.39 Å². The summed E-state index contributed by atoms with van der Waals surface area (Å²) in [6.07, 6.45) is 1.99. The third-order valence-electron chi connectivity index (χ3n) is 6.52. The fourth-order valence-electron chi connectivity index (χ4n) is 4.65. The Labute approximate surface area is 252 Å². The van der Waals surface area contributed by atoms with Crippen LogP contribution in [0.25, 0.3) is 6.08 Å². The van der Waals surface area contributed by atoms with Crippen LogP contribution >= 0.6 is 7.26 Å². The number of benzene rings is 5. The third kappa shape index (κ3) is 8.43. The van der Waals surface area contributed by atoms with Crippen molar-refractivity contribution >= 4 is 35.2 Å². The van der Waals surface area contributed by atoms with Gasteiger partial charge in [0, 0.05) is 11.6 Å². The number of nitrogens with one attached hydrogen (secondary N) is 1. The molecule has 0 bridgehead atoms. The van der Waals surface area contributed by atoms with E-state index < -0.39 is 17.5 Å². The summed E-state index contributed by atoms with van der Waals surface area (Å²) >= 11 is 0. The Morgan fingerprint density at radius 2 is 1.09 bits per heavy atom. The monoisotopic (exact) mass is 616 g/mol. The van der Waals surface area contributed by atoms with Crippen molar-refractivity contribution in [1.82, 2.24) is 5.32 Å². The largest absolute Gasteiger partial charge is 0.292 e. The Bertz CT molecular complexity index is 1540. The fourth-order valence-corrected chi connectivity index (χ4v) is 8.85. The molecule has 0 fully saturated rings. The number of carbonyl (C=O) groups excluding carboxylic acids is 1. The first-order chi connectivity index (χ1) is 20.6. The van der Waals surface area contributed by atoms with E-state index in [0.717, 1.165) is 32.5 Å². The van der Waals surface area contributed by atoms with Crippen molar-refractivity contribution in [3.8, 4) is 0 Å². The Hall–Kier alpha value is -4.20. The first-order valence-corrected chi connectivity index (χ1v) is 16.2. The van der Waals surface area contributed by atoms with Crippen LogP contribution in [0.3, 0.4) is 0 Å². The number of hydrogen-bond acceptors (Lipinski definition) is 5. The quantitative estimate of drug-likeness (QED) is 0.273. The van der Waals surface area contributed by atoms with Gasteiger partial charge in [-0.2, -0.15) is 14.0 Å². The van der Waals surface area contributed by atoms with Crippen molar-refractivity contribution in [3.63, 3.8) is 0 Å². The summed E-state index contributed by atoms with van der Waals surface area (Å²) in [4.78, 5) is 13.8. The average Bonchev–Trinajstić information content (AvgIpc) is 3.00. The molecule has 0 spiro atoms. The third-order valence-corrected chi connectivity index (χ3v) is 10.7. The summed E-state index contributed by atoms with van der Waals surface area (Å²) in [7, 11) is -7.28. The molecule has 0 unspecified atom stereocenters. The lowest BCUT2D eigenvalue weighted by Crippen LogP contribution is -2.58. The van der Waals surface area contributed by atoms with E-state index in [1.807, 2.05) is 91.9 Å². The summed E-state index contributed by atoms with van der Waals surface area (Å²) in [5, 5.41) is 6.65. The molecule has 5 rings (SSSR count). The zero-order chi connectivity index (χ0) is 30.9. The van der Waals surface area contributed by atoms with Crippen LogP contribution < -0.4 is 35.2 Å². The Balaban J connectivity index is 0.000000782. The van der Waals surface area contributed by atoms with E-state index in [0.29, 0.717) is 5.56 Å². The van der Waals surface area contributed by atoms with Crippen molar-refractivity contribution in [2.45, 2.75) is 6.92 Å². The number of aryl methyl sites for hydroxylation is 1. The molecule has 0 aromatic heterocycles. The highest BCUT2D eigenvalue weighted by Gasteiger charge is 2.50. The van der Waals surface area contributed by atoms with Crippen LogP contribution in [0.15, 0.2) is 145 Å². The van der Waals surface area contributed by atoms with E-state index in [-0.39, 0.29) is 11.7 Å². The van der Waals surface area contributed by atoms with Gasteiger partial charge in [0.05, 0.1) is 14.9 Å². The average molecular weight is 617 g/mol. The van der Waals surface area contributed by atoms with Gasteiger partial charge < -0.3 is 0 Å². The summed E-state index contributed by atoms with van der Waals surface area (Å²) < 4.78 is 46.6. The molecule has 6 nitrogen and oxygen atoms in total. The van der Waals surface area contributed by atoms with Gasteiger partial charge in [-0.1, -0.05) is 84.4 Å². The van der Waals surface area contributed by atoms with Crippen molar-refractivity contribution < 1.29 is 38.1 Å². The maximum atomic E-state index is 13.8. The van der Waals surface area contributed by atoms with Crippen LogP contribution in [0, 0.1) is 23.0 Å². The van der Waals surface area contributed by atoms with Gasteiger partial charge >= 0.3 is 0 Å². The SMILES string of the molecule is Cc1ccc(C(=O)NC(=Cc2ccc(F)cc2)[P+](c2ccccc2)(c2ccccc2)c2ccccc2)cc1.[O-][Cl+3]([O-])([O-])O. The zero-order valence-corrected chi connectivity index (χ0v) is 24.8. The topological polar surface area (TPSA) is 119 Å². The first-order valence-electron chi connectivity index (χ1n) is 13.1. The number of hydrogen-bond donors (Lipinski definition) is 2. The van der Waals surface area contributed by atoms with E-state index in [9.17, 15) is 9.18 Å². The van der Waals surface area contributed by atoms with Gasteiger partial charge in [-0.25, -0.2) is 4.39 Å². The number of amides is 1. The highest BCUT2D eigenvalue weighted by Crippen LogP contribution is 2.61. The predicted molar refractivity (Wildman–Crippen MR) is 160 cm³/mol. The van der Waals surface area contributed by atoms with Crippen molar-refractivity contribution in [2.24, 2.45) is 0 Å². The fraction of sp³-hybridized carbons (Fsp3) is 0.0294. The Kier molecular flexibility index (Phi) is 10.6. The lowest BCUT2D eigenvalue weighted by molar-refractivity contribution is -1.92. The molecular weight excluding hydrogens is 588 g/mol. The van der Waals surface area contributed by atoms with Gasteiger partial charge in [0.1, 0.15) is 21.7 Å². The lowest BCUT2D eigenvalue weighted by Gasteiger charge is -2.29. The standard InChI is InChI=1S/C34H27FNOP.ClHO4/c1-26-17-21-28(22-18-26)34(37)36-33(25-27-19-23-29(35)24-20-27)38(30-11-5-2-6-12-30,31-13-7-3-8-14-31)32-15-9-4-10-16-32;2-1(3,4)5/h2-25H,1H3;(H,2,3,4,5)/p+1. The van der Waals surface area contributed by atoms with Gasteiger partial charge in [0.2, 0.25) is 0 Å². The second-order valence-corrected chi connectivity index (χ2v) is 13.6. The summed E-state index contributed by atoms with van der Waals surface area (Å²) in [6.45, 7) is 2.00. The minimum atomic E-state index is -4.69. The Morgan fingerprint density at radius 1 is 0.698 bits per heavy atom. The molecule has 9 heteroatoms. The molecule has 0 heterocycles. The first kappa shape index (κ1) is 31.7. The van der Waals surface area contributed by atoms with E-state index in [4.69, 9.17) is 18.6 Å².